The largest absolute Gasteiger partial charge is 0.322 e. The zero-order valence-electron chi connectivity index (χ0n) is 9.71. The molecule has 2 rings (SSSR count). The third kappa shape index (κ3) is 2.76. The predicted molar refractivity (Wildman–Crippen MR) is 73.2 cm³/mol. The van der Waals surface area contributed by atoms with Gasteiger partial charge in [0.1, 0.15) is 5.82 Å². The third-order valence-electron chi connectivity index (χ3n) is 2.57. The van der Waals surface area contributed by atoms with Crippen LogP contribution in [0.25, 0.3) is 0 Å². The highest BCUT2D eigenvalue weighted by Crippen LogP contribution is 2.21. The second kappa shape index (κ2) is 5.31. The van der Waals surface area contributed by atoms with Crippen LogP contribution in [0, 0.1) is 12.7 Å². The van der Waals surface area contributed by atoms with Crippen LogP contribution < -0.4 is 5.32 Å². The number of carbonyl (C=O) groups excluding carboxylic acids is 1. The van der Waals surface area contributed by atoms with Crippen molar-refractivity contribution in [2.24, 2.45) is 0 Å². The number of benzene rings is 2. The summed E-state index contributed by atoms with van der Waals surface area (Å²) in [4.78, 5) is 11.9. The molecule has 0 aliphatic carbocycles. The lowest BCUT2D eigenvalue weighted by Gasteiger charge is -2.09. The SMILES string of the molecule is Cc1ccc(Br)cc1NC(=O)c1ccccc1F. The number of anilines is 1. The summed E-state index contributed by atoms with van der Waals surface area (Å²) in [6.45, 7) is 1.88. The molecule has 1 N–H and O–H groups in total. The van der Waals surface area contributed by atoms with E-state index in [1.54, 1.807) is 18.2 Å². The monoisotopic (exact) mass is 307 g/mol. The van der Waals surface area contributed by atoms with Gasteiger partial charge in [0, 0.05) is 10.2 Å². The minimum absolute atomic E-state index is 0.0388. The fourth-order valence-electron chi connectivity index (χ4n) is 1.56. The summed E-state index contributed by atoms with van der Waals surface area (Å²) in [6, 6.07) is 11.5. The summed E-state index contributed by atoms with van der Waals surface area (Å²) in [5.74, 6) is -0.975. The highest BCUT2D eigenvalue weighted by Gasteiger charge is 2.11. The Hall–Kier alpha value is -1.68. The lowest BCUT2D eigenvalue weighted by Crippen LogP contribution is -2.14. The van der Waals surface area contributed by atoms with Crippen LogP contribution in [0.2, 0.25) is 0 Å². The molecular weight excluding hydrogens is 297 g/mol. The smallest absolute Gasteiger partial charge is 0.258 e. The minimum Gasteiger partial charge on any atom is -0.322 e. The Labute approximate surface area is 113 Å². The van der Waals surface area contributed by atoms with Crippen molar-refractivity contribution < 1.29 is 9.18 Å². The molecule has 0 saturated carbocycles. The normalized spacial score (nSPS) is 10.2. The fourth-order valence-corrected chi connectivity index (χ4v) is 1.92. The molecule has 0 bridgehead atoms. The number of hydrogen-bond acceptors (Lipinski definition) is 1. The van der Waals surface area contributed by atoms with Gasteiger partial charge < -0.3 is 5.32 Å². The molecule has 2 aromatic carbocycles. The number of nitrogens with one attached hydrogen (secondary N) is 1. The van der Waals surface area contributed by atoms with Gasteiger partial charge in [0.15, 0.2) is 0 Å². The van der Waals surface area contributed by atoms with Gasteiger partial charge in [-0.1, -0.05) is 34.1 Å². The van der Waals surface area contributed by atoms with E-state index in [2.05, 4.69) is 21.2 Å². The molecule has 1 amide bonds. The van der Waals surface area contributed by atoms with Crippen LogP contribution in [0.1, 0.15) is 15.9 Å². The molecule has 0 aliphatic heterocycles. The van der Waals surface area contributed by atoms with E-state index in [9.17, 15) is 9.18 Å². The summed E-state index contributed by atoms with van der Waals surface area (Å²) in [5, 5.41) is 2.70. The Morgan fingerprint density at radius 2 is 1.94 bits per heavy atom. The van der Waals surface area contributed by atoms with Crippen LogP contribution in [-0.4, -0.2) is 5.91 Å². The van der Waals surface area contributed by atoms with E-state index < -0.39 is 11.7 Å². The van der Waals surface area contributed by atoms with Crippen molar-refractivity contribution in [1.29, 1.82) is 0 Å². The first-order chi connectivity index (χ1) is 8.58. The summed E-state index contributed by atoms with van der Waals surface area (Å²) in [5.41, 5.74) is 1.62. The van der Waals surface area contributed by atoms with Crippen molar-refractivity contribution in [3.63, 3.8) is 0 Å². The minimum atomic E-state index is -0.525. The summed E-state index contributed by atoms with van der Waals surface area (Å²) >= 11 is 3.33. The Bertz CT molecular complexity index is 598. The highest BCUT2D eigenvalue weighted by atomic mass is 79.9. The molecule has 0 aromatic heterocycles. The zero-order valence-corrected chi connectivity index (χ0v) is 11.3. The summed E-state index contributed by atoms with van der Waals surface area (Å²) < 4.78 is 14.3. The van der Waals surface area contributed by atoms with E-state index in [1.807, 2.05) is 19.1 Å². The highest BCUT2D eigenvalue weighted by molar-refractivity contribution is 9.10. The van der Waals surface area contributed by atoms with Gasteiger partial charge in [-0.25, -0.2) is 4.39 Å². The molecule has 0 heterocycles. The molecule has 0 spiro atoms. The number of aryl methyl sites for hydroxylation is 1. The number of rotatable bonds is 2. The lowest BCUT2D eigenvalue weighted by molar-refractivity contribution is 0.102. The summed E-state index contributed by atoms with van der Waals surface area (Å²) in [6.07, 6.45) is 0. The van der Waals surface area contributed by atoms with Gasteiger partial charge in [-0.3, -0.25) is 4.79 Å². The quantitative estimate of drug-likeness (QED) is 0.887. The molecule has 0 aliphatic rings. The van der Waals surface area contributed by atoms with Crippen molar-refractivity contribution in [1.82, 2.24) is 0 Å². The molecule has 0 saturated heterocycles. The Kier molecular flexibility index (Phi) is 3.77. The number of hydrogen-bond donors (Lipinski definition) is 1. The molecule has 0 unspecified atom stereocenters. The molecule has 2 aromatic rings. The molecule has 2 nitrogen and oxygen atoms in total. The molecule has 4 heteroatoms. The lowest BCUT2D eigenvalue weighted by atomic mass is 10.1. The van der Waals surface area contributed by atoms with E-state index in [0.29, 0.717) is 5.69 Å². The van der Waals surface area contributed by atoms with Gasteiger partial charge in [0.25, 0.3) is 5.91 Å². The van der Waals surface area contributed by atoms with Crippen LogP contribution in [0.4, 0.5) is 10.1 Å². The average molecular weight is 308 g/mol. The average Bonchev–Trinajstić information content (AvgIpc) is 2.34. The Balaban J connectivity index is 2.27. The molecule has 0 atom stereocenters. The molecule has 18 heavy (non-hydrogen) atoms. The zero-order chi connectivity index (χ0) is 13.1. The fraction of sp³-hybridized carbons (Fsp3) is 0.0714. The number of halogens is 2. The van der Waals surface area contributed by atoms with E-state index in [-0.39, 0.29) is 5.56 Å². The van der Waals surface area contributed by atoms with Crippen LogP contribution in [0.15, 0.2) is 46.9 Å². The van der Waals surface area contributed by atoms with Gasteiger partial charge in [0.2, 0.25) is 0 Å². The van der Waals surface area contributed by atoms with Gasteiger partial charge >= 0.3 is 0 Å². The second-order valence-corrected chi connectivity index (χ2v) is 4.81. The second-order valence-electron chi connectivity index (χ2n) is 3.89. The van der Waals surface area contributed by atoms with E-state index in [4.69, 9.17) is 0 Å². The molecule has 0 radical (unpaired) electrons. The first kappa shape index (κ1) is 12.8. The van der Waals surface area contributed by atoms with Gasteiger partial charge in [-0.15, -0.1) is 0 Å². The molecular formula is C14H11BrFNO. The van der Waals surface area contributed by atoms with Gasteiger partial charge in [-0.05, 0) is 36.8 Å². The first-order valence-corrected chi connectivity index (χ1v) is 6.19. The van der Waals surface area contributed by atoms with Gasteiger partial charge in [-0.2, -0.15) is 0 Å². The van der Waals surface area contributed by atoms with Crippen LogP contribution in [-0.2, 0) is 0 Å². The molecule has 92 valence electrons. The van der Waals surface area contributed by atoms with Crippen LogP contribution >= 0.6 is 15.9 Å². The Morgan fingerprint density at radius 3 is 2.67 bits per heavy atom. The topological polar surface area (TPSA) is 29.1 Å². The number of carbonyl (C=O) groups is 1. The van der Waals surface area contributed by atoms with Crippen LogP contribution in [0.3, 0.4) is 0 Å². The van der Waals surface area contributed by atoms with Crippen molar-refractivity contribution in [2.75, 3.05) is 5.32 Å². The maximum atomic E-state index is 13.5. The first-order valence-electron chi connectivity index (χ1n) is 5.40. The summed E-state index contributed by atoms with van der Waals surface area (Å²) in [7, 11) is 0. The van der Waals surface area contributed by atoms with E-state index in [1.165, 1.54) is 12.1 Å². The number of amides is 1. The predicted octanol–water partition coefficient (Wildman–Crippen LogP) is 4.15. The van der Waals surface area contributed by atoms with Crippen molar-refractivity contribution >= 4 is 27.5 Å². The van der Waals surface area contributed by atoms with Crippen LogP contribution in [0.5, 0.6) is 0 Å². The third-order valence-corrected chi connectivity index (χ3v) is 3.06. The van der Waals surface area contributed by atoms with E-state index >= 15 is 0 Å². The standard InChI is InChI=1S/C14H11BrFNO/c1-9-6-7-10(15)8-13(9)17-14(18)11-4-2-3-5-12(11)16/h2-8H,1H3,(H,17,18). The maximum absolute atomic E-state index is 13.5. The maximum Gasteiger partial charge on any atom is 0.258 e. The van der Waals surface area contributed by atoms with Gasteiger partial charge in [0.05, 0.1) is 5.56 Å². The van der Waals surface area contributed by atoms with Crippen molar-refractivity contribution in [3.05, 3.63) is 63.9 Å². The van der Waals surface area contributed by atoms with E-state index in [0.717, 1.165) is 10.0 Å². The Morgan fingerprint density at radius 1 is 1.22 bits per heavy atom. The van der Waals surface area contributed by atoms with Crippen molar-refractivity contribution in [3.8, 4) is 0 Å². The van der Waals surface area contributed by atoms with Crippen molar-refractivity contribution in [2.45, 2.75) is 6.92 Å². The molecule has 0 fully saturated rings.